The molecule has 33 heavy (non-hydrogen) atoms. The third-order valence-electron chi connectivity index (χ3n) is 5.37. The summed E-state index contributed by atoms with van der Waals surface area (Å²) in [5.41, 5.74) is 13.3. The second-order valence-corrected chi connectivity index (χ2v) is 9.05. The van der Waals surface area contributed by atoms with E-state index < -0.39 is 10.1 Å². The first-order chi connectivity index (χ1) is 15.9. The molecule has 0 saturated carbocycles. The van der Waals surface area contributed by atoms with E-state index >= 15 is 0 Å². The molecule has 0 aromatic heterocycles. The lowest BCUT2D eigenvalue weighted by Gasteiger charge is -2.12. The second-order valence-electron chi connectivity index (χ2n) is 7.51. The number of benzene rings is 5. The average Bonchev–Trinajstić information content (AvgIpc) is 2.81. The van der Waals surface area contributed by atoms with Gasteiger partial charge in [-0.15, -0.1) is 0 Å². The van der Waals surface area contributed by atoms with E-state index in [2.05, 4.69) is 0 Å². The van der Waals surface area contributed by atoms with Crippen molar-refractivity contribution in [3.8, 4) is 17.2 Å². The van der Waals surface area contributed by atoms with Gasteiger partial charge in [0.05, 0.1) is 0 Å². The van der Waals surface area contributed by atoms with Gasteiger partial charge in [0, 0.05) is 32.9 Å². The van der Waals surface area contributed by atoms with Crippen molar-refractivity contribution in [1.29, 1.82) is 0 Å². The van der Waals surface area contributed by atoms with Gasteiger partial charge in [-0.05, 0) is 48.5 Å². The fourth-order valence-electron chi connectivity index (χ4n) is 3.74. The minimum atomic E-state index is -4.06. The summed E-state index contributed by atoms with van der Waals surface area (Å²) >= 11 is 0. The Kier molecular flexibility index (Phi) is 5.03. The van der Waals surface area contributed by atoms with Crippen LogP contribution in [0.1, 0.15) is 0 Å². The number of anilines is 2. The minimum Gasteiger partial charge on any atom is -0.457 e. The van der Waals surface area contributed by atoms with Crippen LogP contribution in [0.25, 0.3) is 21.5 Å². The van der Waals surface area contributed by atoms with Crippen molar-refractivity contribution in [2.24, 2.45) is 0 Å². The SMILES string of the molecule is Nc1cccc2c(Oc3ccc(S(=O)(=O)Oc4cccc5c(N)cccc45)cc3)cccc12. The van der Waals surface area contributed by atoms with Crippen LogP contribution in [0.3, 0.4) is 0 Å². The monoisotopic (exact) mass is 456 g/mol. The summed E-state index contributed by atoms with van der Waals surface area (Å²) in [6.07, 6.45) is 0. The molecular formula is C26H20N2O4S. The molecule has 0 radical (unpaired) electrons. The van der Waals surface area contributed by atoms with Gasteiger partial charge in [0.1, 0.15) is 16.4 Å². The molecule has 0 heterocycles. The highest BCUT2D eigenvalue weighted by Gasteiger charge is 2.19. The molecular weight excluding hydrogens is 436 g/mol. The van der Waals surface area contributed by atoms with E-state index in [0.717, 1.165) is 16.2 Å². The molecule has 5 rings (SSSR count). The summed E-state index contributed by atoms with van der Waals surface area (Å²) in [6, 6.07) is 27.7. The Hall–Kier alpha value is -4.23. The molecule has 5 aromatic carbocycles. The van der Waals surface area contributed by atoms with E-state index in [-0.39, 0.29) is 10.6 Å². The lowest BCUT2D eigenvalue weighted by molar-refractivity contribution is 0.483. The Morgan fingerprint density at radius 1 is 0.545 bits per heavy atom. The first-order valence-electron chi connectivity index (χ1n) is 10.2. The van der Waals surface area contributed by atoms with E-state index in [1.165, 1.54) is 12.1 Å². The van der Waals surface area contributed by atoms with Crippen molar-refractivity contribution in [2.75, 3.05) is 11.5 Å². The summed E-state index contributed by atoms with van der Waals surface area (Å²) < 4.78 is 37.3. The molecule has 164 valence electrons. The third-order valence-corrected chi connectivity index (χ3v) is 6.62. The van der Waals surface area contributed by atoms with Crippen LogP contribution in [0.15, 0.2) is 102 Å². The Morgan fingerprint density at radius 2 is 1.03 bits per heavy atom. The normalized spacial score (nSPS) is 11.5. The van der Waals surface area contributed by atoms with Gasteiger partial charge in [-0.3, -0.25) is 0 Å². The fraction of sp³-hybridized carbons (Fsp3) is 0. The highest BCUT2D eigenvalue weighted by molar-refractivity contribution is 7.87. The first-order valence-corrected chi connectivity index (χ1v) is 11.6. The fourth-order valence-corrected chi connectivity index (χ4v) is 4.69. The molecule has 0 amide bonds. The molecule has 0 aliphatic rings. The molecule has 0 fully saturated rings. The maximum absolute atomic E-state index is 12.9. The summed E-state index contributed by atoms with van der Waals surface area (Å²) in [5, 5.41) is 3.10. The molecule has 0 unspecified atom stereocenters. The van der Waals surface area contributed by atoms with Gasteiger partial charge >= 0.3 is 10.1 Å². The number of ether oxygens (including phenoxy) is 1. The number of hydrogen-bond acceptors (Lipinski definition) is 6. The van der Waals surface area contributed by atoms with E-state index in [0.29, 0.717) is 28.3 Å². The number of fused-ring (bicyclic) bond motifs is 2. The largest absolute Gasteiger partial charge is 0.457 e. The van der Waals surface area contributed by atoms with Crippen molar-refractivity contribution in [1.82, 2.24) is 0 Å². The summed E-state index contributed by atoms with van der Waals surface area (Å²) in [6.45, 7) is 0. The summed E-state index contributed by atoms with van der Waals surface area (Å²) in [7, 11) is -4.06. The van der Waals surface area contributed by atoms with E-state index in [9.17, 15) is 8.42 Å². The van der Waals surface area contributed by atoms with Crippen LogP contribution < -0.4 is 20.4 Å². The zero-order chi connectivity index (χ0) is 23.0. The number of hydrogen-bond donors (Lipinski definition) is 2. The van der Waals surface area contributed by atoms with Crippen LogP contribution in [0, 0.1) is 0 Å². The van der Waals surface area contributed by atoms with Gasteiger partial charge in [-0.1, -0.05) is 48.5 Å². The van der Waals surface area contributed by atoms with Crippen molar-refractivity contribution in [2.45, 2.75) is 4.90 Å². The van der Waals surface area contributed by atoms with Crippen LogP contribution in [0.2, 0.25) is 0 Å². The van der Waals surface area contributed by atoms with Crippen LogP contribution in [0.4, 0.5) is 11.4 Å². The topological polar surface area (TPSA) is 105 Å². The molecule has 0 aliphatic heterocycles. The quantitative estimate of drug-likeness (QED) is 0.259. The number of nitrogen functional groups attached to an aromatic ring is 2. The molecule has 0 bridgehead atoms. The molecule has 7 heteroatoms. The predicted molar refractivity (Wildman–Crippen MR) is 131 cm³/mol. The standard InChI is InChI=1S/C26H20N2O4S/c27-23-9-1-7-21-19(23)5-3-11-25(21)31-17-13-15-18(16-14-17)33(29,30)32-26-12-4-6-20-22(26)8-2-10-24(20)28/h1-16H,27-28H2. The average molecular weight is 457 g/mol. The molecule has 0 spiro atoms. The zero-order valence-corrected chi connectivity index (χ0v) is 18.3. The minimum absolute atomic E-state index is 0.0120. The van der Waals surface area contributed by atoms with Crippen molar-refractivity contribution >= 4 is 43.0 Å². The van der Waals surface area contributed by atoms with E-state index in [1.54, 1.807) is 42.5 Å². The second kappa shape index (κ2) is 8.03. The molecule has 5 aromatic rings. The predicted octanol–water partition coefficient (Wildman–Crippen LogP) is 5.72. The third kappa shape index (κ3) is 3.90. The molecule has 0 atom stereocenters. The highest BCUT2D eigenvalue weighted by atomic mass is 32.2. The lowest BCUT2D eigenvalue weighted by atomic mass is 10.1. The van der Waals surface area contributed by atoms with Crippen molar-refractivity contribution < 1.29 is 17.3 Å². The molecule has 4 N–H and O–H groups in total. The van der Waals surface area contributed by atoms with Crippen LogP contribution in [0.5, 0.6) is 17.2 Å². The van der Waals surface area contributed by atoms with E-state index in [4.69, 9.17) is 20.4 Å². The Bertz CT molecular complexity index is 1600. The summed E-state index contributed by atoms with van der Waals surface area (Å²) in [5.74, 6) is 1.33. The van der Waals surface area contributed by atoms with Gasteiger partial charge < -0.3 is 20.4 Å². The number of nitrogens with two attached hydrogens (primary N) is 2. The van der Waals surface area contributed by atoms with Crippen molar-refractivity contribution in [3.63, 3.8) is 0 Å². The van der Waals surface area contributed by atoms with E-state index in [1.807, 2.05) is 42.5 Å². The molecule has 6 nitrogen and oxygen atoms in total. The van der Waals surface area contributed by atoms with Crippen LogP contribution in [-0.4, -0.2) is 8.42 Å². The van der Waals surface area contributed by atoms with Crippen molar-refractivity contribution in [3.05, 3.63) is 97.1 Å². The Morgan fingerprint density at radius 3 is 1.64 bits per heavy atom. The van der Waals surface area contributed by atoms with Crippen LogP contribution in [-0.2, 0) is 10.1 Å². The lowest BCUT2D eigenvalue weighted by Crippen LogP contribution is -2.10. The Labute approximate surface area is 191 Å². The summed E-state index contributed by atoms with van der Waals surface area (Å²) in [4.78, 5) is 0.0120. The van der Waals surface area contributed by atoms with Gasteiger partial charge in [-0.25, -0.2) is 0 Å². The van der Waals surface area contributed by atoms with Gasteiger partial charge in [0.25, 0.3) is 0 Å². The van der Waals surface area contributed by atoms with Gasteiger partial charge in [0.2, 0.25) is 0 Å². The Balaban J connectivity index is 1.42. The first kappa shape index (κ1) is 20.7. The maximum Gasteiger partial charge on any atom is 0.339 e. The van der Waals surface area contributed by atoms with Gasteiger partial charge in [-0.2, -0.15) is 8.42 Å². The van der Waals surface area contributed by atoms with Gasteiger partial charge in [0.15, 0.2) is 5.75 Å². The molecule has 0 saturated heterocycles. The van der Waals surface area contributed by atoms with Crippen LogP contribution >= 0.6 is 0 Å². The molecule has 0 aliphatic carbocycles. The smallest absolute Gasteiger partial charge is 0.339 e. The number of rotatable bonds is 5. The zero-order valence-electron chi connectivity index (χ0n) is 17.4. The highest BCUT2D eigenvalue weighted by Crippen LogP contribution is 2.34. The maximum atomic E-state index is 12.9.